The zero-order valence-corrected chi connectivity index (χ0v) is 14.0. The smallest absolute Gasteiger partial charge is 0.253 e. The van der Waals surface area contributed by atoms with Gasteiger partial charge in [-0.1, -0.05) is 0 Å². The molecule has 0 aromatic heterocycles. The van der Waals surface area contributed by atoms with E-state index in [2.05, 4.69) is 5.32 Å². The maximum atomic E-state index is 13.1. The van der Waals surface area contributed by atoms with Gasteiger partial charge >= 0.3 is 0 Å². The van der Waals surface area contributed by atoms with E-state index < -0.39 is 11.6 Å². The molecule has 4 nitrogen and oxygen atoms in total. The third-order valence-corrected chi connectivity index (χ3v) is 4.08. The first-order chi connectivity index (χ1) is 11.4. The molecule has 0 unspecified atom stereocenters. The van der Waals surface area contributed by atoms with Crippen molar-refractivity contribution in [1.82, 2.24) is 4.90 Å². The Labute approximate surface area is 142 Å². The van der Waals surface area contributed by atoms with Crippen LogP contribution in [-0.2, 0) is 4.79 Å². The second kappa shape index (κ2) is 7.92. The Balaban J connectivity index is 1.90. The number of nitrogens with zero attached hydrogens (tertiary/aromatic N) is 1. The Bertz CT molecular complexity index is 749. The van der Waals surface area contributed by atoms with Crippen LogP contribution in [0.2, 0.25) is 0 Å². The van der Waals surface area contributed by atoms with Crippen molar-refractivity contribution in [2.24, 2.45) is 0 Å². The fraction of sp³-hybridized carbons (Fsp3) is 0.176. The largest absolute Gasteiger partial charge is 0.345 e. The van der Waals surface area contributed by atoms with Crippen LogP contribution in [0.5, 0.6) is 0 Å². The van der Waals surface area contributed by atoms with Gasteiger partial charge in [0.2, 0.25) is 5.91 Å². The summed E-state index contributed by atoms with van der Waals surface area (Å²) in [6.07, 6.45) is 0. The average Bonchev–Trinajstić information content (AvgIpc) is 2.56. The number of hydrogen-bond acceptors (Lipinski definition) is 3. The molecule has 0 fully saturated rings. The van der Waals surface area contributed by atoms with Gasteiger partial charge in [-0.15, -0.1) is 11.8 Å². The standard InChI is InChI=1S/C17H16F2N2O2S/c1-21(2)17(23)11-3-5-12(6-4-11)20-16(22)10-24-13-7-8-14(18)15(19)9-13/h3-9H,10H2,1-2H3,(H,20,22). The number of anilines is 1. The molecule has 2 rings (SSSR count). The van der Waals surface area contributed by atoms with Crippen LogP contribution in [0.3, 0.4) is 0 Å². The topological polar surface area (TPSA) is 49.4 Å². The summed E-state index contributed by atoms with van der Waals surface area (Å²) >= 11 is 1.10. The van der Waals surface area contributed by atoms with Crippen LogP contribution >= 0.6 is 11.8 Å². The van der Waals surface area contributed by atoms with Gasteiger partial charge in [0.1, 0.15) is 0 Å². The number of thioether (sulfide) groups is 1. The quantitative estimate of drug-likeness (QED) is 0.841. The first kappa shape index (κ1) is 17.9. The third kappa shape index (κ3) is 4.79. The van der Waals surface area contributed by atoms with Crippen LogP contribution in [0.1, 0.15) is 10.4 Å². The van der Waals surface area contributed by atoms with E-state index >= 15 is 0 Å². The predicted octanol–water partition coefficient (Wildman–Crippen LogP) is 3.40. The number of hydrogen-bond donors (Lipinski definition) is 1. The van der Waals surface area contributed by atoms with E-state index in [1.807, 2.05) is 0 Å². The van der Waals surface area contributed by atoms with Crippen LogP contribution in [0.15, 0.2) is 47.4 Å². The molecule has 0 aliphatic rings. The molecule has 2 amide bonds. The normalized spacial score (nSPS) is 10.3. The number of rotatable bonds is 5. The fourth-order valence-electron chi connectivity index (χ4n) is 1.87. The third-order valence-electron chi connectivity index (χ3n) is 3.08. The molecule has 2 aromatic carbocycles. The SMILES string of the molecule is CN(C)C(=O)c1ccc(NC(=O)CSc2ccc(F)c(F)c2)cc1. The summed E-state index contributed by atoms with van der Waals surface area (Å²) in [5.41, 5.74) is 1.08. The maximum absolute atomic E-state index is 13.1. The van der Waals surface area contributed by atoms with Crippen molar-refractivity contribution < 1.29 is 18.4 Å². The zero-order chi connectivity index (χ0) is 17.7. The molecule has 7 heteroatoms. The van der Waals surface area contributed by atoms with Gasteiger partial charge in [0.25, 0.3) is 5.91 Å². The van der Waals surface area contributed by atoms with Crippen molar-refractivity contribution in [3.05, 3.63) is 59.7 Å². The van der Waals surface area contributed by atoms with Crippen LogP contribution in [0.4, 0.5) is 14.5 Å². The Morgan fingerprint density at radius 2 is 1.71 bits per heavy atom. The number of nitrogens with one attached hydrogen (secondary N) is 1. The second-order valence-electron chi connectivity index (χ2n) is 5.19. The van der Waals surface area contributed by atoms with Crippen LogP contribution in [0, 0.1) is 11.6 Å². The Morgan fingerprint density at radius 1 is 1.04 bits per heavy atom. The minimum atomic E-state index is -0.943. The number of amides is 2. The van der Waals surface area contributed by atoms with Gasteiger partial charge in [-0.3, -0.25) is 9.59 Å². The van der Waals surface area contributed by atoms with Crippen molar-refractivity contribution in [3.8, 4) is 0 Å². The summed E-state index contributed by atoms with van der Waals surface area (Å²) in [5.74, 6) is -2.21. The van der Waals surface area contributed by atoms with Gasteiger partial charge in [0.05, 0.1) is 5.75 Å². The highest BCUT2D eigenvalue weighted by molar-refractivity contribution is 8.00. The summed E-state index contributed by atoms with van der Waals surface area (Å²) in [4.78, 5) is 25.6. The highest BCUT2D eigenvalue weighted by atomic mass is 32.2. The number of carbonyl (C=O) groups excluding carboxylic acids is 2. The molecule has 0 heterocycles. The molecule has 0 saturated heterocycles. The summed E-state index contributed by atoms with van der Waals surface area (Å²) in [7, 11) is 3.32. The summed E-state index contributed by atoms with van der Waals surface area (Å²) < 4.78 is 25.9. The molecule has 0 aliphatic heterocycles. The first-order valence-corrected chi connectivity index (χ1v) is 8.05. The fourth-order valence-corrected chi connectivity index (χ4v) is 2.59. The minimum absolute atomic E-state index is 0.0590. The van der Waals surface area contributed by atoms with E-state index in [0.717, 1.165) is 23.9 Å². The minimum Gasteiger partial charge on any atom is -0.345 e. The summed E-state index contributed by atoms with van der Waals surface area (Å²) in [6, 6.07) is 10.0. The van der Waals surface area contributed by atoms with Gasteiger partial charge in [0, 0.05) is 30.2 Å². The Hall–Kier alpha value is -2.41. The maximum Gasteiger partial charge on any atom is 0.253 e. The molecule has 0 aliphatic carbocycles. The molecular formula is C17H16F2N2O2S. The van der Waals surface area contributed by atoms with Crippen molar-refractivity contribution in [2.75, 3.05) is 25.2 Å². The first-order valence-electron chi connectivity index (χ1n) is 7.06. The van der Waals surface area contributed by atoms with Crippen LogP contribution in [0.25, 0.3) is 0 Å². The van der Waals surface area contributed by atoms with Crippen molar-refractivity contribution in [3.63, 3.8) is 0 Å². The Kier molecular flexibility index (Phi) is 5.92. The van der Waals surface area contributed by atoms with Gasteiger partial charge in [-0.2, -0.15) is 0 Å². The molecule has 0 saturated carbocycles. The summed E-state index contributed by atoms with van der Waals surface area (Å²) in [6.45, 7) is 0. The number of carbonyl (C=O) groups is 2. The highest BCUT2D eigenvalue weighted by Crippen LogP contribution is 2.20. The van der Waals surface area contributed by atoms with Crippen molar-refractivity contribution in [2.45, 2.75) is 4.90 Å². The van der Waals surface area contributed by atoms with Crippen molar-refractivity contribution >= 4 is 29.3 Å². The lowest BCUT2D eigenvalue weighted by molar-refractivity contribution is -0.113. The lowest BCUT2D eigenvalue weighted by Crippen LogP contribution is -2.21. The molecule has 24 heavy (non-hydrogen) atoms. The van der Waals surface area contributed by atoms with Crippen LogP contribution < -0.4 is 5.32 Å². The predicted molar refractivity (Wildman–Crippen MR) is 90.2 cm³/mol. The molecule has 126 valence electrons. The van der Waals surface area contributed by atoms with Gasteiger partial charge in [0.15, 0.2) is 11.6 Å². The Morgan fingerprint density at radius 3 is 2.29 bits per heavy atom. The van der Waals surface area contributed by atoms with E-state index in [9.17, 15) is 18.4 Å². The lowest BCUT2D eigenvalue weighted by Gasteiger charge is -2.11. The molecule has 2 aromatic rings. The van der Waals surface area contributed by atoms with Crippen LogP contribution in [-0.4, -0.2) is 36.6 Å². The summed E-state index contributed by atoms with van der Waals surface area (Å²) in [5, 5.41) is 2.68. The van der Waals surface area contributed by atoms with Gasteiger partial charge < -0.3 is 10.2 Å². The van der Waals surface area contributed by atoms with Crippen molar-refractivity contribution in [1.29, 1.82) is 0 Å². The highest BCUT2D eigenvalue weighted by Gasteiger charge is 2.09. The molecule has 0 bridgehead atoms. The van der Waals surface area contributed by atoms with E-state index in [1.54, 1.807) is 38.4 Å². The van der Waals surface area contributed by atoms with E-state index in [1.165, 1.54) is 11.0 Å². The van der Waals surface area contributed by atoms with E-state index in [4.69, 9.17) is 0 Å². The monoisotopic (exact) mass is 350 g/mol. The second-order valence-corrected chi connectivity index (χ2v) is 6.24. The molecule has 0 atom stereocenters. The molecular weight excluding hydrogens is 334 g/mol. The zero-order valence-electron chi connectivity index (χ0n) is 13.2. The number of halogens is 2. The van der Waals surface area contributed by atoms with Gasteiger partial charge in [-0.25, -0.2) is 8.78 Å². The van der Waals surface area contributed by atoms with E-state index in [-0.39, 0.29) is 17.6 Å². The van der Waals surface area contributed by atoms with Gasteiger partial charge in [-0.05, 0) is 42.5 Å². The lowest BCUT2D eigenvalue weighted by atomic mass is 10.2. The average molecular weight is 350 g/mol. The molecule has 0 radical (unpaired) electrons. The number of benzene rings is 2. The molecule has 1 N–H and O–H groups in total. The van der Waals surface area contributed by atoms with E-state index in [0.29, 0.717) is 16.1 Å². The molecule has 0 spiro atoms.